The van der Waals surface area contributed by atoms with Crippen molar-refractivity contribution in [1.82, 2.24) is 0 Å². The Morgan fingerprint density at radius 2 is 1.35 bits per heavy atom. The highest BCUT2D eigenvalue weighted by molar-refractivity contribution is 7.99. The second kappa shape index (κ2) is 14.4. The lowest BCUT2D eigenvalue weighted by atomic mass is 10.1. The molecule has 0 saturated carbocycles. The van der Waals surface area contributed by atoms with E-state index in [9.17, 15) is 4.57 Å². The number of phosphoric ester groups is 1. The summed E-state index contributed by atoms with van der Waals surface area (Å²) in [6.45, 7) is 2.38. The van der Waals surface area contributed by atoms with Crippen LogP contribution in [-0.4, -0.2) is 27.9 Å². The minimum absolute atomic E-state index is 0.132. The summed E-state index contributed by atoms with van der Waals surface area (Å²) in [6.07, 6.45) is 13.3. The summed E-state index contributed by atoms with van der Waals surface area (Å²) in [4.78, 5) is 17.0. The summed E-state index contributed by atoms with van der Waals surface area (Å²) in [5, 5.41) is 0. The van der Waals surface area contributed by atoms with Gasteiger partial charge < -0.3 is 9.79 Å². The monoisotopic (exact) mass is 326 g/mol. The second-order valence-electron chi connectivity index (χ2n) is 5.12. The van der Waals surface area contributed by atoms with Crippen LogP contribution in [0.1, 0.15) is 71.1 Å². The van der Waals surface area contributed by atoms with Crippen LogP contribution in [0.15, 0.2) is 0 Å². The molecule has 0 saturated heterocycles. The molecule has 122 valence electrons. The molecule has 20 heavy (non-hydrogen) atoms. The van der Waals surface area contributed by atoms with E-state index in [0.29, 0.717) is 5.75 Å². The average Bonchev–Trinajstić information content (AvgIpc) is 2.38. The van der Waals surface area contributed by atoms with Crippen molar-refractivity contribution in [3.8, 4) is 0 Å². The third-order valence-corrected chi connectivity index (χ3v) is 4.68. The van der Waals surface area contributed by atoms with Gasteiger partial charge in [-0.05, 0) is 12.2 Å². The first-order chi connectivity index (χ1) is 9.56. The van der Waals surface area contributed by atoms with Gasteiger partial charge in [0.2, 0.25) is 0 Å². The maximum atomic E-state index is 10.4. The first-order valence-electron chi connectivity index (χ1n) is 7.84. The first-order valence-corrected chi connectivity index (χ1v) is 10.5. The fraction of sp³-hybridized carbons (Fsp3) is 1.00. The Morgan fingerprint density at radius 1 is 0.850 bits per heavy atom. The van der Waals surface area contributed by atoms with Crippen LogP contribution in [0.25, 0.3) is 0 Å². The number of hydrogen-bond donors (Lipinski definition) is 2. The largest absolute Gasteiger partial charge is 0.469 e. The molecular formula is C14H31O4PS. The van der Waals surface area contributed by atoms with E-state index in [4.69, 9.17) is 9.79 Å². The van der Waals surface area contributed by atoms with Gasteiger partial charge in [-0.3, -0.25) is 4.52 Å². The number of hydrogen-bond acceptors (Lipinski definition) is 3. The van der Waals surface area contributed by atoms with Gasteiger partial charge in [-0.2, -0.15) is 11.8 Å². The van der Waals surface area contributed by atoms with Crippen LogP contribution in [0.3, 0.4) is 0 Å². The van der Waals surface area contributed by atoms with Crippen LogP contribution in [0.2, 0.25) is 0 Å². The van der Waals surface area contributed by atoms with Crippen molar-refractivity contribution in [2.24, 2.45) is 0 Å². The third kappa shape index (κ3) is 18.5. The predicted octanol–water partition coefficient (Wildman–Crippen LogP) is 4.75. The van der Waals surface area contributed by atoms with E-state index >= 15 is 0 Å². The quantitative estimate of drug-likeness (QED) is 0.336. The Labute approximate surface area is 128 Å². The summed E-state index contributed by atoms with van der Waals surface area (Å²) in [5.74, 6) is 1.71. The van der Waals surface area contributed by atoms with Gasteiger partial charge in [0.25, 0.3) is 0 Å². The molecule has 0 amide bonds. The molecule has 4 nitrogen and oxygen atoms in total. The fourth-order valence-electron chi connectivity index (χ4n) is 2.01. The average molecular weight is 326 g/mol. The zero-order chi connectivity index (χ0) is 15.1. The molecule has 0 unspecified atom stereocenters. The number of phosphoric acid groups is 1. The minimum Gasteiger partial charge on any atom is -0.303 e. The lowest BCUT2D eigenvalue weighted by Crippen LogP contribution is -1.95. The highest BCUT2D eigenvalue weighted by atomic mass is 32.2. The van der Waals surface area contributed by atoms with E-state index < -0.39 is 7.82 Å². The van der Waals surface area contributed by atoms with Crippen LogP contribution in [-0.2, 0) is 9.09 Å². The molecule has 0 aromatic heterocycles. The normalized spacial score (nSPS) is 11.9. The summed E-state index contributed by atoms with van der Waals surface area (Å²) in [6, 6.07) is 0. The molecule has 0 fully saturated rings. The third-order valence-electron chi connectivity index (χ3n) is 3.13. The molecule has 0 aromatic rings. The maximum absolute atomic E-state index is 10.4. The molecule has 0 atom stereocenters. The van der Waals surface area contributed by atoms with Crippen molar-refractivity contribution in [1.29, 1.82) is 0 Å². The molecule has 0 aliphatic carbocycles. The highest BCUT2D eigenvalue weighted by Gasteiger charge is 2.12. The van der Waals surface area contributed by atoms with E-state index in [-0.39, 0.29) is 6.61 Å². The number of rotatable bonds is 15. The topological polar surface area (TPSA) is 66.8 Å². The van der Waals surface area contributed by atoms with Crippen LogP contribution in [0.4, 0.5) is 0 Å². The molecule has 6 heteroatoms. The van der Waals surface area contributed by atoms with Gasteiger partial charge in [0, 0.05) is 5.75 Å². The molecule has 2 N–H and O–H groups in total. The Kier molecular flexibility index (Phi) is 14.7. The minimum atomic E-state index is -4.26. The summed E-state index contributed by atoms with van der Waals surface area (Å²) in [7, 11) is -4.26. The standard InChI is InChI=1S/C14H31O4PS/c1-2-3-4-5-6-7-8-9-10-11-13-20-14-12-18-19(15,16)17/h2-14H2,1H3,(H2,15,16,17). The summed E-state index contributed by atoms with van der Waals surface area (Å²) >= 11 is 1.70. The molecule has 0 aromatic carbocycles. The van der Waals surface area contributed by atoms with Crippen molar-refractivity contribution in [3.63, 3.8) is 0 Å². The second-order valence-corrected chi connectivity index (χ2v) is 7.58. The van der Waals surface area contributed by atoms with Gasteiger partial charge in [-0.25, -0.2) is 4.57 Å². The van der Waals surface area contributed by atoms with Gasteiger partial charge in [0.1, 0.15) is 0 Å². The van der Waals surface area contributed by atoms with Crippen LogP contribution >= 0.6 is 19.6 Å². The molecule has 0 aliphatic heterocycles. The van der Waals surface area contributed by atoms with E-state index in [1.165, 1.54) is 64.2 Å². The summed E-state index contributed by atoms with van der Waals surface area (Å²) < 4.78 is 14.8. The van der Waals surface area contributed by atoms with Crippen LogP contribution in [0, 0.1) is 0 Å². The Bertz CT molecular complexity index is 245. The molecule has 0 spiro atoms. The predicted molar refractivity (Wildman–Crippen MR) is 87.2 cm³/mol. The fourth-order valence-corrected chi connectivity index (χ4v) is 3.27. The van der Waals surface area contributed by atoms with Gasteiger partial charge in [0.05, 0.1) is 6.61 Å². The van der Waals surface area contributed by atoms with Crippen molar-refractivity contribution < 1.29 is 18.9 Å². The van der Waals surface area contributed by atoms with Crippen LogP contribution < -0.4 is 0 Å². The number of unbranched alkanes of at least 4 members (excludes halogenated alkanes) is 9. The lowest BCUT2D eigenvalue weighted by molar-refractivity contribution is 0.208. The molecule has 0 aliphatic rings. The van der Waals surface area contributed by atoms with Crippen molar-refractivity contribution in [2.75, 3.05) is 18.1 Å². The molecule has 0 rings (SSSR count). The van der Waals surface area contributed by atoms with E-state index in [1.807, 2.05) is 0 Å². The zero-order valence-electron chi connectivity index (χ0n) is 12.8. The van der Waals surface area contributed by atoms with E-state index in [2.05, 4.69) is 11.4 Å². The van der Waals surface area contributed by atoms with Gasteiger partial charge in [0.15, 0.2) is 0 Å². The van der Waals surface area contributed by atoms with E-state index in [0.717, 1.165) is 5.75 Å². The maximum Gasteiger partial charge on any atom is 0.469 e. The van der Waals surface area contributed by atoms with Crippen molar-refractivity contribution in [2.45, 2.75) is 71.1 Å². The Hall–Kier alpha value is 0.460. The Balaban J connectivity index is 3.01. The number of thioether (sulfide) groups is 1. The van der Waals surface area contributed by atoms with Gasteiger partial charge in [-0.15, -0.1) is 0 Å². The molecule has 0 heterocycles. The van der Waals surface area contributed by atoms with Crippen molar-refractivity contribution in [3.05, 3.63) is 0 Å². The van der Waals surface area contributed by atoms with Crippen LogP contribution in [0.5, 0.6) is 0 Å². The summed E-state index contributed by atoms with van der Waals surface area (Å²) in [5.41, 5.74) is 0. The van der Waals surface area contributed by atoms with Gasteiger partial charge in [-0.1, -0.05) is 64.7 Å². The Morgan fingerprint density at radius 3 is 1.85 bits per heavy atom. The SMILES string of the molecule is CCCCCCCCCCCCSCCOP(=O)(O)O. The smallest absolute Gasteiger partial charge is 0.303 e. The molecule has 0 radical (unpaired) electrons. The highest BCUT2D eigenvalue weighted by Crippen LogP contribution is 2.35. The zero-order valence-corrected chi connectivity index (χ0v) is 14.5. The first kappa shape index (κ1) is 20.5. The lowest BCUT2D eigenvalue weighted by Gasteiger charge is -2.05. The van der Waals surface area contributed by atoms with E-state index in [1.54, 1.807) is 11.8 Å². The van der Waals surface area contributed by atoms with Gasteiger partial charge >= 0.3 is 7.82 Å². The van der Waals surface area contributed by atoms with Crippen molar-refractivity contribution >= 4 is 19.6 Å². The molecule has 0 bridgehead atoms. The molecular weight excluding hydrogens is 295 g/mol.